The highest BCUT2D eigenvalue weighted by atomic mass is 28.3. The normalized spacial score (nSPS) is 21.2. The quantitative estimate of drug-likeness (QED) is 0.0709. The Hall–Kier alpha value is -9.22. The molecule has 0 saturated carbocycles. The molecular formula is C72H62O14Si. The fraction of sp³-hybridized carbons (Fsp3) is 0.222. The van der Waals surface area contributed by atoms with E-state index in [-0.39, 0.29) is 83.2 Å². The van der Waals surface area contributed by atoms with Crippen molar-refractivity contribution in [2.75, 3.05) is 13.2 Å². The molecule has 14 nitrogen and oxygen atoms in total. The number of carbonyl (C=O) groups excluding carboxylic acids is 2. The molecule has 9 aromatic carbocycles. The topological polar surface area (TPSA) is 145 Å². The number of rotatable bonds is 15. The average molecular weight is 1180 g/mol. The molecule has 0 aliphatic carbocycles. The van der Waals surface area contributed by atoms with E-state index in [1.807, 2.05) is 212 Å². The second-order valence-corrected chi connectivity index (χ2v) is 28.8. The van der Waals surface area contributed by atoms with Gasteiger partial charge in [0.1, 0.15) is 25.4 Å². The molecular weight excluding hydrogens is 1120 g/mol. The van der Waals surface area contributed by atoms with Crippen LogP contribution in [0.3, 0.4) is 0 Å². The van der Waals surface area contributed by atoms with Gasteiger partial charge in [-0.3, -0.25) is 0 Å². The number of ether oxygens (including phenoxy) is 12. The summed E-state index contributed by atoms with van der Waals surface area (Å²) in [5.74, 6) is -4.54. The molecule has 5 aliphatic rings. The minimum Gasteiger partial charge on any atom is -0.485 e. The number of hydrogen-bond acceptors (Lipinski definition) is 14. The zero-order valence-corrected chi connectivity index (χ0v) is 49.1. The zero-order valence-electron chi connectivity index (χ0n) is 48.1. The first-order valence-corrected chi connectivity index (χ1v) is 33.0. The molecule has 0 amide bonds. The highest BCUT2D eigenvalue weighted by Gasteiger charge is 2.57. The molecule has 2 fully saturated rings. The average Bonchev–Trinajstić information content (AvgIpc) is 2.06. The van der Waals surface area contributed by atoms with Gasteiger partial charge in [0.2, 0.25) is 11.5 Å². The molecule has 0 bridgehead atoms. The third kappa shape index (κ3) is 10.6. The summed E-state index contributed by atoms with van der Waals surface area (Å²) >= 11 is 0. The zero-order chi connectivity index (χ0) is 59.1. The van der Waals surface area contributed by atoms with Gasteiger partial charge in [-0.2, -0.15) is 0 Å². The van der Waals surface area contributed by atoms with Crippen LogP contribution in [0.15, 0.2) is 224 Å². The summed E-state index contributed by atoms with van der Waals surface area (Å²) < 4.78 is 84.1. The first kappa shape index (κ1) is 55.6. The van der Waals surface area contributed by atoms with Crippen LogP contribution < -0.4 is 28.4 Å². The van der Waals surface area contributed by atoms with E-state index in [2.05, 4.69) is 19.6 Å². The monoisotopic (exact) mass is 1180 g/mol. The maximum atomic E-state index is 16.5. The van der Waals surface area contributed by atoms with Gasteiger partial charge in [-0.05, 0) is 29.3 Å². The third-order valence-electron chi connectivity index (χ3n) is 16.1. The lowest BCUT2D eigenvalue weighted by atomic mass is 9.90. The molecule has 5 heterocycles. The van der Waals surface area contributed by atoms with E-state index in [1.165, 1.54) is 0 Å². The van der Waals surface area contributed by atoms with E-state index >= 15 is 9.59 Å². The first-order chi connectivity index (χ1) is 42.5. The van der Waals surface area contributed by atoms with Crippen LogP contribution in [0.25, 0.3) is 11.1 Å². The maximum absolute atomic E-state index is 16.5. The highest BCUT2D eigenvalue weighted by Crippen LogP contribution is 2.63. The SMILES string of the molecule is C[Si](C)(C)CCO[C@@H]1O[C@@H]2CO[C@@H](c3ccccc3)O[C@H]2[C@@H]2OC(=O)c3cc4c(c(OCc5ccccc5)c3-c3c(cc(OCc5ccccc5)c5c3OC(c3ccccc3)(c3ccccc3)O5)C(=O)O[C@@H]12)OC(c1ccccc1)(c1ccccc1)O4. The molecule has 14 rings (SSSR count). The Bertz CT molecular complexity index is 3850. The van der Waals surface area contributed by atoms with Crippen molar-refractivity contribution < 1.29 is 66.4 Å². The van der Waals surface area contributed by atoms with Crippen molar-refractivity contribution in [2.24, 2.45) is 0 Å². The Balaban J connectivity index is 1.04. The van der Waals surface area contributed by atoms with Gasteiger partial charge in [0.15, 0.2) is 47.8 Å². The van der Waals surface area contributed by atoms with Crippen LogP contribution in [0.1, 0.15) is 66.0 Å². The summed E-state index contributed by atoms with van der Waals surface area (Å²) in [6.07, 6.45) is -6.87. The van der Waals surface area contributed by atoms with E-state index in [0.29, 0.717) is 22.3 Å². The van der Waals surface area contributed by atoms with Crippen LogP contribution in [0.2, 0.25) is 25.7 Å². The minimum atomic E-state index is -1.72. The van der Waals surface area contributed by atoms with E-state index < -0.39 is 68.6 Å². The number of carbonyl (C=O) groups is 2. The second-order valence-electron chi connectivity index (χ2n) is 23.2. The molecule has 6 atom stereocenters. The molecule has 438 valence electrons. The van der Waals surface area contributed by atoms with Crippen LogP contribution in [0.5, 0.6) is 34.5 Å². The second kappa shape index (κ2) is 23.2. The molecule has 0 radical (unpaired) electrons. The van der Waals surface area contributed by atoms with Gasteiger partial charge in [0.05, 0.1) is 17.7 Å². The largest absolute Gasteiger partial charge is 0.485 e. The predicted octanol–water partition coefficient (Wildman–Crippen LogP) is 14.1. The highest BCUT2D eigenvalue weighted by molar-refractivity contribution is 6.76. The van der Waals surface area contributed by atoms with E-state index in [0.717, 1.165) is 22.7 Å². The van der Waals surface area contributed by atoms with Crippen molar-refractivity contribution in [1.82, 2.24) is 0 Å². The van der Waals surface area contributed by atoms with Crippen LogP contribution in [0.4, 0.5) is 0 Å². The summed E-state index contributed by atoms with van der Waals surface area (Å²) in [6.45, 7) is 7.01. The van der Waals surface area contributed by atoms with Crippen LogP contribution >= 0.6 is 0 Å². The lowest BCUT2D eigenvalue weighted by molar-refractivity contribution is -0.359. The maximum Gasteiger partial charge on any atom is 0.339 e. The summed E-state index contributed by atoms with van der Waals surface area (Å²) in [7, 11) is -1.71. The Labute approximate surface area is 504 Å². The van der Waals surface area contributed by atoms with Gasteiger partial charge in [-0.15, -0.1) is 0 Å². The lowest BCUT2D eigenvalue weighted by Gasteiger charge is -2.48. The van der Waals surface area contributed by atoms with Crippen molar-refractivity contribution in [3.63, 3.8) is 0 Å². The number of hydrogen-bond donors (Lipinski definition) is 0. The molecule has 15 heteroatoms. The smallest absolute Gasteiger partial charge is 0.339 e. The molecule has 0 spiro atoms. The lowest BCUT2D eigenvalue weighted by Crippen LogP contribution is -2.64. The third-order valence-corrected chi connectivity index (χ3v) is 17.8. The summed E-state index contributed by atoms with van der Waals surface area (Å²) in [6, 6.07) is 70.7. The Morgan fingerprint density at radius 2 is 0.954 bits per heavy atom. The number of fused-ring (bicyclic) bond motifs is 9. The molecule has 5 aliphatic heterocycles. The Morgan fingerprint density at radius 3 is 1.51 bits per heavy atom. The first-order valence-electron chi connectivity index (χ1n) is 29.3. The molecule has 9 aromatic rings. The van der Waals surface area contributed by atoms with Gasteiger partial charge < -0.3 is 56.8 Å². The summed E-state index contributed by atoms with van der Waals surface area (Å²) in [5, 5.41) is 0. The molecule has 2 saturated heterocycles. The van der Waals surface area contributed by atoms with Gasteiger partial charge in [0.25, 0.3) is 0 Å². The van der Waals surface area contributed by atoms with Crippen LogP contribution in [-0.2, 0) is 53.2 Å². The molecule has 0 aromatic heterocycles. The fourth-order valence-corrected chi connectivity index (χ4v) is 12.5. The Kier molecular flexibility index (Phi) is 14.9. The number of esters is 2. The molecule has 87 heavy (non-hydrogen) atoms. The summed E-state index contributed by atoms with van der Waals surface area (Å²) in [5.41, 5.74) is 4.76. The predicted molar refractivity (Wildman–Crippen MR) is 324 cm³/mol. The van der Waals surface area contributed by atoms with Gasteiger partial charge in [-0.25, -0.2) is 9.59 Å². The van der Waals surface area contributed by atoms with Gasteiger partial charge in [0, 0.05) is 53.6 Å². The van der Waals surface area contributed by atoms with Crippen molar-refractivity contribution in [3.8, 4) is 45.6 Å². The minimum absolute atomic E-state index is 0.0211. The fourth-order valence-electron chi connectivity index (χ4n) is 11.8. The van der Waals surface area contributed by atoms with Crippen molar-refractivity contribution in [3.05, 3.63) is 275 Å². The standard InChI is InChI=1S/C72H62O14Si/c1-87(2,3)40-39-75-70-66-65(60-57(79-70)45-78-69(82-60)48-29-15-6-16-30-48)80-67(73)54-42-56-62(85-71(83-56,49-31-17-7-18-32-49)50-33-19-8-20-34-50)63(77-44-47-27-13-5-14-28-47)58(54)59-53(68(74)81-66)41-55(76-43-46-25-11-4-12-26-46)61-64(59)86-72(84-61,51-35-21-9-22-36-51)52-37-23-10-24-38-52/h4-38,41-42,57,60,65-66,69-70H,39-40,43-45H2,1-3H3/t57-,60-,65+,66-,69-,70-/m1/s1. The Morgan fingerprint density at radius 1 is 0.483 bits per heavy atom. The van der Waals surface area contributed by atoms with Crippen molar-refractivity contribution in [2.45, 2.75) is 87.5 Å². The van der Waals surface area contributed by atoms with E-state index in [4.69, 9.17) is 56.8 Å². The van der Waals surface area contributed by atoms with Gasteiger partial charge in [-0.1, -0.05) is 232 Å². The molecule has 0 N–H and O–H groups in total. The summed E-state index contributed by atoms with van der Waals surface area (Å²) in [4.78, 5) is 32.9. The van der Waals surface area contributed by atoms with Crippen LogP contribution in [-0.4, -0.2) is 63.9 Å². The van der Waals surface area contributed by atoms with Crippen molar-refractivity contribution >= 4 is 20.0 Å². The number of benzene rings is 9. The van der Waals surface area contributed by atoms with E-state index in [1.54, 1.807) is 12.1 Å². The van der Waals surface area contributed by atoms with Gasteiger partial charge >= 0.3 is 23.5 Å². The van der Waals surface area contributed by atoms with Crippen molar-refractivity contribution in [1.29, 1.82) is 0 Å². The van der Waals surface area contributed by atoms with E-state index in [9.17, 15) is 0 Å². The molecule has 0 unspecified atom stereocenters. The van der Waals surface area contributed by atoms with Crippen LogP contribution in [0, 0.1) is 0 Å².